The minimum absolute atomic E-state index is 0.0735. The summed E-state index contributed by atoms with van der Waals surface area (Å²) in [7, 11) is 0. The van der Waals surface area contributed by atoms with Crippen molar-refractivity contribution in [1.29, 1.82) is 0 Å². The second kappa shape index (κ2) is 7.20. The van der Waals surface area contributed by atoms with E-state index in [-0.39, 0.29) is 23.4 Å². The summed E-state index contributed by atoms with van der Waals surface area (Å²) < 4.78 is 17.0. The molecule has 3 heterocycles. The van der Waals surface area contributed by atoms with Gasteiger partial charge in [-0.1, -0.05) is 11.8 Å². The highest BCUT2D eigenvalue weighted by Gasteiger charge is 2.44. The number of carbonyl (C=O) groups excluding carboxylic acids is 2. The van der Waals surface area contributed by atoms with Gasteiger partial charge in [0.15, 0.2) is 6.10 Å². The topological polar surface area (TPSA) is 110 Å². The molecule has 2 fully saturated rings. The largest absolute Gasteiger partial charge is 0.372 e. The van der Waals surface area contributed by atoms with Crippen molar-refractivity contribution in [3.63, 3.8) is 0 Å². The monoisotopic (exact) mass is 422 g/mol. The highest BCUT2D eigenvalue weighted by atomic mass is 19.1. The van der Waals surface area contributed by atoms with Crippen LogP contribution in [0.15, 0.2) is 12.1 Å². The molecular weight excluding hydrogens is 399 g/mol. The van der Waals surface area contributed by atoms with Gasteiger partial charge in [-0.15, -0.1) is 0 Å². The molecule has 0 unspecified atom stereocenters. The first-order valence-corrected chi connectivity index (χ1v) is 10.6. The Balaban J connectivity index is 1.62. The normalized spacial score (nSPS) is 21.5. The van der Waals surface area contributed by atoms with Crippen molar-refractivity contribution in [2.24, 2.45) is 5.73 Å². The number of aliphatic hydroxyl groups excluding tert-OH is 1. The fraction of sp³-hybridized carbons (Fsp3) is 0.435. The predicted molar refractivity (Wildman–Crippen MR) is 111 cm³/mol. The number of imidazole rings is 1. The zero-order valence-corrected chi connectivity index (χ0v) is 17.1. The van der Waals surface area contributed by atoms with E-state index >= 15 is 0 Å². The van der Waals surface area contributed by atoms with Crippen molar-refractivity contribution >= 4 is 11.8 Å². The van der Waals surface area contributed by atoms with Crippen molar-refractivity contribution in [2.45, 2.75) is 56.6 Å². The average Bonchev–Trinajstić information content (AvgIpc) is 3.49. The Kier molecular flexibility index (Phi) is 4.59. The van der Waals surface area contributed by atoms with E-state index in [0.717, 1.165) is 42.5 Å². The maximum absolute atomic E-state index is 14.8. The highest BCUT2D eigenvalue weighted by molar-refractivity contribution is 5.93. The first kappa shape index (κ1) is 19.8. The summed E-state index contributed by atoms with van der Waals surface area (Å²) in [5, 5.41) is 12.4. The number of likely N-dealkylation sites (N-methyl/N-ethyl adjacent to an activating group) is 1. The molecule has 1 atom stereocenters. The first-order valence-electron chi connectivity index (χ1n) is 10.6. The number of hydrogen-bond acceptors (Lipinski definition) is 4. The summed E-state index contributed by atoms with van der Waals surface area (Å²) in [4.78, 5) is 28.4. The van der Waals surface area contributed by atoms with Crippen LogP contribution in [0.1, 0.15) is 77.8 Å². The molecule has 4 N–H and O–H groups in total. The number of nitrogens with one attached hydrogen (secondary N) is 1. The van der Waals surface area contributed by atoms with Gasteiger partial charge in [0, 0.05) is 24.1 Å². The van der Waals surface area contributed by atoms with Gasteiger partial charge in [0.25, 0.3) is 11.8 Å². The van der Waals surface area contributed by atoms with Gasteiger partial charge in [-0.25, -0.2) is 9.37 Å². The highest BCUT2D eigenvalue weighted by Crippen LogP contribution is 2.55. The molecule has 1 aromatic carbocycles. The minimum Gasteiger partial charge on any atom is -0.372 e. The lowest BCUT2D eigenvalue weighted by Crippen LogP contribution is -2.33. The average molecular weight is 422 g/mol. The van der Waals surface area contributed by atoms with Crippen LogP contribution in [0.25, 0.3) is 11.4 Å². The number of aliphatic hydroxyl groups is 1. The Morgan fingerprint density at radius 2 is 2.10 bits per heavy atom. The SMILES string of the molecule is CCNC(=O)[C@H](O)C#Cc1cc2c(cc1F)C1CC(C1)n1c-2nc(C(N)=O)c1C1CC1. The van der Waals surface area contributed by atoms with E-state index in [0.29, 0.717) is 18.1 Å². The Hall–Kier alpha value is -3.18. The summed E-state index contributed by atoms with van der Waals surface area (Å²) >= 11 is 0. The molecule has 1 aromatic heterocycles. The number of benzene rings is 1. The number of hydrogen-bond donors (Lipinski definition) is 3. The van der Waals surface area contributed by atoms with Crippen molar-refractivity contribution in [1.82, 2.24) is 14.9 Å². The van der Waals surface area contributed by atoms with E-state index in [1.54, 1.807) is 13.0 Å². The fourth-order valence-electron chi connectivity index (χ4n) is 4.68. The molecule has 2 aliphatic heterocycles. The van der Waals surface area contributed by atoms with E-state index in [4.69, 9.17) is 5.73 Å². The quantitative estimate of drug-likeness (QED) is 0.654. The fourth-order valence-corrected chi connectivity index (χ4v) is 4.68. The lowest BCUT2D eigenvalue weighted by atomic mass is 9.75. The number of nitrogens with two attached hydrogens (primary N) is 1. The van der Waals surface area contributed by atoms with E-state index in [1.807, 2.05) is 0 Å². The van der Waals surface area contributed by atoms with Crippen LogP contribution in [0, 0.1) is 17.7 Å². The molecule has 2 amide bonds. The standard InChI is InChI=1S/C23H23FN4O3/c1-2-26-23(31)18(29)6-5-12-9-16-15(10-17(12)24)13-7-14(8-13)28-20(11-3-4-11)19(21(25)30)27-22(16)28/h9-11,13-14,18,29H,2-4,7-8H2,1H3,(H2,25,30)(H,26,31)/t13?,14?,18-/m1/s1. The van der Waals surface area contributed by atoms with Crippen LogP contribution in [0.4, 0.5) is 4.39 Å². The van der Waals surface area contributed by atoms with Gasteiger partial charge in [-0.3, -0.25) is 9.59 Å². The smallest absolute Gasteiger partial charge is 0.269 e. The molecular formula is C23H23FN4O3. The Morgan fingerprint density at radius 3 is 2.74 bits per heavy atom. The van der Waals surface area contributed by atoms with E-state index < -0.39 is 23.7 Å². The van der Waals surface area contributed by atoms with Crippen LogP contribution < -0.4 is 11.1 Å². The van der Waals surface area contributed by atoms with Crippen LogP contribution in [0.5, 0.6) is 0 Å². The second-order valence-electron chi connectivity index (χ2n) is 8.49. The van der Waals surface area contributed by atoms with Crippen molar-refractivity contribution in [3.8, 4) is 23.2 Å². The van der Waals surface area contributed by atoms with Crippen molar-refractivity contribution < 1.29 is 19.1 Å². The van der Waals surface area contributed by atoms with Gasteiger partial charge in [-0.05, 0) is 56.2 Å². The molecule has 8 heteroatoms. The molecule has 0 spiro atoms. The third kappa shape index (κ3) is 3.20. The maximum atomic E-state index is 14.8. The maximum Gasteiger partial charge on any atom is 0.269 e. The molecule has 2 bridgehead atoms. The number of carbonyl (C=O) groups is 2. The summed E-state index contributed by atoms with van der Waals surface area (Å²) in [6, 6.07) is 3.31. The van der Waals surface area contributed by atoms with Crippen LogP contribution in [0.3, 0.4) is 0 Å². The molecule has 4 aliphatic rings. The Bertz CT molecular complexity index is 1170. The minimum atomic E-state index is -1.55. The molecule has 7 nitrogen and oxygen atoms in total. The molecule has 0 saturated heterocycles. The summed E-state index contributed by atoms with van der Waals surface area (Å²) in [5.41, 5.74) is 8.50. The molecule has 31 heavy (non-hydrogen) atoms. The van der Waals surface area contributed by atoms with E-state index in [1.165, 1.54) is 6.07 Å². The molecule has 0 radical (unpaired) electrons. The number of rotatable bonds is 4. The number of nitrogens with zero attached hydrogens (tertiary/aromatic N) is 2. The molecule has 2 saturated carbocycles. The van der Waals surface area contributed by atoms with Gasteiger partial charge in [0.1, 0.15) is 17.3 Å². The Labute approximate surface area is 178 Å². The van der Waals surface area contributed by atoms with Gasteiger partial charge in [-0.2, -0.15) is 0 Å². The third-order valence-corrected chi connectivity index (χ3v) is 6.39. The summed E-state index contributed by atoms with van der Waals surface area (Å²) in [5.74, 6) is 4.47. The van der Waals surface area contributed by atoms with E-state index in [2.05, 4.69) is 26.7 Å². The van der Waals surface area contributed by atoms with Crippen LogP contribution >= 0.6 is 0 Å². The van der Waals surface area contributed by atoms with Crippen LogP contribution in [-0.4, -0.2) is 39.1 Å². The lowest BCUT2D eigenvalue weighted by Gasteiger charge is -2.35. The van der Waals surface area contributed by atoms with Gasteiger partial charge in [0.05, 0.1) is 11.3 Å². The molecule has 2 aromatic rings. The van der Waals surface area contributed by atoms with Crippen molar-refractivity contribution in [2.75, 3.05) is 6.54 Å². The molecule has 160 valence electrons. The Morgan fingerprint density at radius 1 is 1.35 bits per heavy atom. The molecule has 2 aliphatic carbocycles. The predicted octanol–water partition coefficient (Wildman–Crippen LogP) is 1.95. The second-order valence-corrected chi connectivity index (χ2v) is 8.49. The zero-order valence-electron chi connectivity index (χ0n) is 17.1. The van der Waals surface area contributed by atoms with Gasteiger partial charge in [0.2, 0.25) is 0 Å². The lowest BCUT2D eigenvalue weighted by molar-refractivity contribution is -0.126. The van der Waals surface area contributed by atoms with E-state index in [9.17, 15) is 19.1 Å². The van der Waals surface area contributed by atoms with Crippen molar-refractivity contribution in [3.05, 3.63) is 40.5 Å². The van der Waals surface area contributed by atoms with Gasteiger partial charge < -0.3 is 20.7 Å². The number of primary amides is 1. The van der Waals surface area contributed by atoms with Crippen LogP contribution in [-0.2, 0) is 4.79 Å². The number of amides is 2. The number of aromatic nitrogens is 2. The molecule has 6 rings (SSSR count). The first-order chi connectivity index (χ1) is 14.9. The van der Waals surface area contributed by atoms with Crippen LogP contribution in [0.2, 0.25) is 0 Å². The summed E-state index contributed by atoms with van der Waals surface area (Å²) in [6.45, 7) is 2.09. The summed E-state index contributed by atoms with van der Waals surface area (Å²) in [6.07, 6.45) is 2.21. The third-order valence-electron chi connectivity index (χ3n) is 6.39. The van der Waals surface area contributed by atoms with Gasteiger partial charge >= 0.3 is 0 Å². The number of halogens is 1. The zero-order chi connectivity index (χ0) is 21.9.